The fraction of sp³-hybridized carbons (Fsp3) is 0.200. The number of benzene rings is 1. The van der Waals surface area contributed by atoms with Crippen LogP contribution in [-0.4, -0.2) is 17.6 Å². The summed E-state index contributed by atoms with van der Waals surface area (Å²) in [5.74, 6) is 0.469. The lowest BCUT2D eigenvalue weighted by Crippen LogP contribution is -2.28. The molecule has 104 valence electrons. The van der Waals surface area contributed by atoms with E-state index in [0.29, 0.717) is 16.9 Å². The van der Waals surface area contributed by atoms with Gasteiger partial charge in [0, 0.05) is 30.9 Å². The molecule has 1 amide bonds. The Morgan fingerprint density at radius 2 is 1.95 bits per heavy atom. The van der Waals surface area contributed by atoms with Gasteiger partial charge in [-0.25, -0.2) is 0 Å². The van der Waals surface area contributed by atoms with Gasteiger partial charge in [0.2, 0.25) is 0 Å². The fourth-order valence-electron chi connectivity index (χ4n) is 1.81. The van der Waals surface area contributed by atoms with Gasteiger partial charge in [-0.1, -0.05) is 6.07 Å². The molecule has 1 N–H and O–H groups in total. The van der Waals surface area contributed by atoms with E-state index < -0.39 is 0 Å². The van der Waals surface area contributed by atoms with Gasteiger partial charge in [-0.2, -0.15) is 0 Å². The number of nitrogens with one attached hydrogen (secondary N) is 1. The third kappa shape index (κ3) is 3.06. The Kier molecular flexibility index (Phi) is 4.20. The Labute approximate surface area is 116 Å². The molecule has 5 nitrogen and oxygen atoms in total. The largest absolute Gasteiger partial charge is 0.497 e. The van der Waals surface area contributed by atoms with Crippen molar-refractivity contribution in [2.45, 2.75) is 6.54 Å². The maximum Gasteiger partial charge on any atom is 0.255 e. The van der Waals surface area contributed by atoms with Gasteiger partial charge >= 0.3 is 0 Å². The molecule has 0 unspecified atom stereocenters. The van der Waals surface area contributed by atoms with E-state index >= 15 is 0 Å². The monoisotopic (exact) mass is 272 g/mol. The number of hydrogen-bond donors (Lipinski definition) is 1. The van der Waals surface area contributed by atoms with Gasteiger partial charge in [-0.3, -0.25) is 9.59 Å². The molecule has 0 aliphatic heterocycles. The van der Waals surface area contributed by atoms with Crippen LogP contribution >= 0.6 is 0 Å². The normalized spacial score (nSPS) is 10.1. The molecule has 1 aromatic heterocycles. The summed E-state index contributed by atoms with van der Waals surface area (Å²) < 4.78 is 6.51. The minimum absolute atomic E-state index is 0.109. The first-order valence-corrected chi connectivity index (χ1v) is 6.18. The number of rotatable bonds is 4. The molecule has 0 radical (unpaired) electrons. The third-order valence-electron chi connectivity index (χ3n) is 2.99. The van der Waals surface area contributed by atoms with Crippen LogP contribution in [0, 0.1) is 0 Å². The molecule has 20 heavy (non-hydrogen) atoms. The number of aromatic nitrogens is 1. The summed E-state index contributed by atoms with van der Waals surface area (Å²) in [5, 5.41) is 2.73. The molecule has 0 aliphatic carbocycles. The highest BCUT2D eigenvalue weighted by molar-refractivity contribution is 5.94. The van der Waals surface area contributed by atoms with Gasteiger partial charge in [-0.05, 0) is 30.3 Å². The number of nitrogens with zero attached hydrogens (tertiary/aromatic N) is 1. The first kappa shape index (κ1) is 13.9. The highest BCUT2D eigenvalue weighted by Gasteiger charge is 2.07. The van der Waals surface area contributed by atoms with Crippen molar-refractivity contribution in [2.24, 2.45) is 7.05 Å². The maximum absolute atomic E-state index is 12.0. The average molecular weight is 272 g/mol. The van der Waals surface area contributed by atoms with E-state index in [1.807, 2.05) is 0 Å². The predicted octanol–water partition coefficient (Wildman–Crippen LogP) is 1.32. The van der Waals surface area contributed by atoms with Gasteiger partial charge in [0.1, 0.15) is 5.75 Å². The number of methoxy groups -OCH3 is 1. The third-order valence-corrected chi connectivity index (χ3v) is 2.99. The second-order valence-electron chi connectivity index (χ2n) is 4.36. The van der Waals surface area contributed by atoms with Gasteiger partial charge in [0.15, 0.2) is 0 Å². The number of amides is 1. The summed E-state index contributed by atoms with van der Waals surface area (Å²) in [6, 6.07) is 10.3. The van der Waals surface area contributed by atoms with Crippen molar-refractivity contribution in [3.8, 4) is 5.75 Å². The van der Waals surface area contributed by atoms with E-state index in [4.69, 9.17) is 4.74 Å². The molecule has 0 fully saturated rings. The second-order valence-corrected chi connectivity index (χ2v) is 4.36. The average Bonchev–Trinajstić information content (AvgIpc) is 2.48. The SMILES string of the molecule is COc1ccc(C(=O)NCc2cccn(C)c2=O)cc1. The molecule has 0 spiro atoms. The number of carbonyl (C=O) groups is 1. The molecule has 1 heterocycles. The van der Waals surface area contributed by atoms with Crippen LogP contribution in [0.4, 0.5) is 0 Å². The lowest BCUT2D eigenvalue weighted by molar-refractivity contribution is 0.0950. The van der Waals surface area contributed by atoms with E-state index in [2.05, 4.69) is 5.32 Å². The van der Waals surface area contributed by atoms with Crippen LogP contribution in [0.2, 0.25) is 0 Å². The molecular formula is C15H16N2O3. The van der Waals surface area contributed by atoms with E-state index in [9.17, 15) is 9.59 Å². The van der Waals surface area contributed by atoms with Crippen molar-refractivity contribution in [1.29, 1.82) is 0 Å². The van der Waals surface area contributed by atoms with Gasteiger partial charge in [0.05, 0.1) is 7.11 Å². The molecule has 2 aromatic rings. The molecule has 0 atom stereocenters. The highest BCUT2D eigenvalue weighted by atomic mass is 16.5. The smallest absolute Gasteiger partial charge is 0.255 e. The lowest BCUT2D eigenvalue weighted by Gasteiger charge is -2.07. The Hall–Kier alpha value is -2.56. The molecule has 2 rings (SSSR count). The Morgan fingerprint density at radius 3 is 2.60 bits per heavy atom. The summed E-state index contributed by atoms with van der Waals surface area (Å²) in [7, 11) is 3.25. The van der Waals surface area contributed by atoms with Crippen molar-refractivity contribution in [2.75, 3.05) is 7.11 Å². The number of hydrogen-bond acceptors (Lipinski definition) is 3. The number of carbonyl (C=O) groups excluding carboxylic acids is 1. The molecular weight excluding hydrogens is 256 g/mol. The maximum atomic E-state index is 12.0. The van der Waals surface area contributed by atoms with E-state index in [1.165, 1.54) is 4.57 Å². The molecule has 5 heteroatoms. The molecule has 0 saturated carbocycles. The van der Waals surface area contributed by atoms with E-state index in [0.717, 1.165) is 0 Å². The van der Waals surface area contributed by atoms with Crippen LogP contribution < -0.4 is 15.6 Å². The minimum Gasteiger partial charge on any atom is -0.497 e. The summed E-state index contributed by atoms with van der Waals surface area (Å²) >= 11 is 0. The van der Waals surface area contributed by atoms with Crippen LogP contribution in [0.1, 0.15) is 15.9 Å². The fourth-order valence-corrected chi connectivity index (χ4v) is 1.81. The molecule has 1 aromatic carbocycles. The molecule has 0 aliphatic rings. The summed E-state index contributed by atoms with van der Waals surface area (Å²) in [4.78, 5) is 23.7. The Morgan fingerprint density at radius 1 is 1.25 bits per heavy atom. The number of aryl methyl sites for hydroxylation is 1. The van der Waals surface area contributed by atoms with Crippen LogP contribution in [0.25, 0.3) is 0 Å². The zero-order valence-electron chi connectivity index (χ0n) is 11.4. The minimum atomic E-state index is -0.224. The first-order valence-electron chi connectivity index (χ1n) is 6.18. The van der Waals surface area contributed by atoms with Crippen LogP contribution in [-0.2, 0) is 13.6 Å². The van der Waals surface area contributed by atoms with Gasteiger partial charge in [0.25, 0.3) is 11.5 Å². The molecule has 0 saturated heterocycles. The summed E-state index contributed by atoms with van der Waals surface area (Å²) in [5.41, 5.74) is 0.970. The first-order chi connectivity index (χ1) is 9.61. The highest BCUT2D eigenvalue weighted by Crippen LogP contribution is 2.11. The van der Waals surface area contributed by atoms with E-state index in [1.54, 1.807) is 56.8 Å². The predicted molar refractivity (Wildman–Crippen MR) is 75.8 cm³/mol. The zero-order chi connectivity index (χ0) is 14.5. The zero-order valence-corrected chi connectivity index (χ0v) is 11.4. The van der Waals surface area contributed by atoms with Crippen LogP contribution in [0.5, 0.6) is 5.75 Å². The van der Waals surface area contributed by atoms with Crippen molar-refractivity contribution in [1.82, 2.24) is 9.88 Å². The van der Waals surface area contributed by atoms with Crippen molar-refractivity contribution < 1.29 is 9.53 Å². The topological polar surface area (TPSA) is 60.3 Å². The van der Waals surface area contributed by atoms with E-state index in [-0.39, 0.29) is 18.0 Å². The summed E-state index contributed by atoms with van der Waals surface area (Å²) in [6.45, 7) is 0.207. The lowest BCUT2D eigenvalue weighted by atomic mass is 10.2. The summed E-state index contributed by atoms with van der Waals surface area (Å²) in [6.07, 6.45) is 1.68. The number of pyridine rings is 1. The molecule has 0 bridgehead atoms. The van der Waals surface area contributed by atoms with Crippen molar-refractivity contribution in [3.63, 3.8) is 0 Å². The quantitative estimate of drug-likeness (QED) is 0.913. The van der Waals surface area contributed by atoms with Crippen molar-refractivity contribution in [3.05, 3.63) is 64.1 Å². The van der Waals surface area contributed by atoms with Crippen molar-refractivity contribution >= 4 is 5.91 Å². The standard InChI is InChI=1S/C15H16N2O3/c1-17-9-3-4-12(15(17)19)10-16-14(18)11-5-7-13(20-2)8-6-11/h3-9H,10H2,1-2H3,(H,16,18). The van der Waals surface area contributed by atoms with Crippen LogP contribution in [0.3, 0.4) is 0 Å². The van der Waals surface area contributed by atoms with Crippen LogP contribution in [0.15, 0.2) is 47.4 Å². The second kappa shape index (κ2) is 6.06. The Bertz CT molecular complexity index is 660. The van der Waals surface area contributed by atoms with Gasteiger partial charge < -0.3 is 14.6 Å². The Balaban J connectivity index is 2.04. The van der Waals surface area contributed by atoms with Gasteiger partial charge in [-0.15, -0.1) is 0 Å². The number of ether oxygens (including phenoxy) is 1.